The standard InChI is InChI=1S/C33H41ClN2O6/c1-23-25(13-10-14-27(23)24-11-4-3-5-12-24)22-42-31-20-30(41-18-9-7-16-32(37)38)26(19-28(31)34)21-36-29(33(39)40-2)15-6-8-17-35/h3-5,10-14,19-20,29,36H,6-9,15-18,21-22,35H2,1-2H3,(H,37,38). The molecule has 0 aromatic heterocycles. The van der Waals surface area contributed by atoms with Crippen molar-refractivity contribution in [2.24, 2.45) is 5.73 Å². The van der Waals surface area contributed by atoms with E-state index in [-0.39, 0.29) is 12.4 Å². The van der Waals surface area contributed by atoms with E-state index in [0.717, 1.165) is 40.7 Å². The molecule has 0 radical (unpaired) electrons. The summed E-state index contributed by atoms with van der Waals surface area (Å²) >= 11 is 6.68. The molecule has 0 aliphatic rings. The van der Waals surface area contributed by atoms with Crippen molar-refractivity contribution >= 4 is 23.5 Å². The average Bonchev–Trinajstić information content (AvgIpc) is 2.99. The number of hydrogen-bond acceptors (Lipinski definition) is 7. The van der Waals surface area contributed by atoms with Crippen LogP contribution in [0.4, 0.5) is 0 Å². The molecular formula is C33H41ClN2O6. The van der Waals surface area contributed by atoms with Crippen molar-refractivity contribution in [2.45, 2.75) is 64.6 Å². The van der Waals surface area contributed by atoms with E-state index in [9.17, 15) is 9.59 Å². The molecule has 0 bridgehead atoms. The lowest BCUT2D eigenvalue weighted by atomic mass is 9.97. The van der Waals surface area contributed by atoms with Crippen LogP contribution >= 0.6 is 11.6 Å². The fraction of sp³-hybridized carbons (Fsp3) is 0.394. The maximum absolute atomic E-state index is 12.4. The number of methoxy groups -OCH3 is 1. The summed E-state index contributed by atoms with van der Waals surface area (Å²) in [5.41, 5.74) is 10.8. The normalized spacial score (nSPS) is 11.6. The molecule has 0 fully saturated rings. The molecular weight excluding hydrogens is 556 g/mol. The van der Waals surface area contributed by atoms with Gasteiger partial charge >= 0.3 is 11.9 Å². The third kappa shape index (κ3) is 10.0. The van der Waals surface area contributed by atoms with Gasteiger partial charge in [-0.3, -0.25) is 9.59 Å². The summed E-state index contributed by atoms with van der Waals surface area (Å²) in [6.07, 6.45) is 3.35. The summed E-state index contributed by atoms with van der Waals surface area (Å²) < 4.78 is 17.3. The van der Waals surface area contributed by atoms with Crippen LogP contribution in [0.15, 0.2) is 60.7 Å². The first-order valence-corrected chi connectivity index (χ1v) is 14.7. The zero-order valence-corrected chi connectivity index (χ0v) is 25.1. The maximum atomic E-state index is 12.4. The number of hydrogen-bond donors (Lipinski definition) is 3. The van der Waals surface area contributed by atoms with Crippen molar-refractivity contribution in [3.8, 4) is 22.6 Å². The maximum Gasteiger partial charge on any atom is 0.322 e. The molecule has 0 spiro atoms. The monoisotopic (exact) mass is 596 g/mol. The van der Waals surface area contributed by atoms with Crippen molar-refractivity contribution < 1.29 is 28.9 Å². The van der Waals surface area contributed by atoms with Crippen LogP contribution < -0.4 is 20.5 Å². The van der Waals surface area contributed by atoms with Gasteiger partial charge in [-0.05, 0) is 67.5 Å². The number of carboxylic acids is 1. The van der Waals surface area contributed by atoms with Crippen molar-refractivity contribution in [3.63, 3.8) is 0 Å². The van der Waals surface area contributed by atoms with E-state index in [1.54, 1.807) is 12.1 Å². The molecule has 8 nitrogen and oxygen atoms in total. The Morgan fingerprint density at radius 3 is 2.45 bits per heavy atom. The zero-order chi connectivity index (χ0) is 30.3. The lowest BCUT2D eigenvalue weighted by Gasteiger charge is -2.20. The van der Waals surface area contributed by atoms with Crippen molar-refractivity contribution in [1.82, 2.24) is 5.32 Å². The molecule has 9 heteroatoms. The first kappa shape index (κ1) is 32.9. The number of rotatable bonds is 18. The Morgan fingerprint density at radius 2 is 1.74 bits per heavy atom. The number of nitrogens with one attached hydrogen (secondary N) is 1. The molecule has 3 aromatic carbocycles. The van der Waals surface area contributed by atoms with Crippen LogP contribution in [0.1, 0.15) is 55.2 Å². The van der Waals surface area contributed by atoms with E-state index in [1.807, 2.05) is 30.3 Å². The number of carbonyl (C=O) groups excluding carboxylic acids is 1. The molecule has 3 rings (SSSR count). The van der Waals surface area contributed by atoms with Crippen LogP contribution in [0.3, 0.4) is 0 Å². The van der Waals surface area contributed by atoms with Crippen LogP contribution in [0.5, 0.6) is 11.5 Å². The number of nitrogens with two attached hydrogens (primary N) is 1. The number of unbranched alkanes of at least 4 members (excludes halogenated alkanes) is 2. The number of carbonyl (C=O) groups is 2. The molecule has 42 heavy (non-hydrogen) atoms. The average molecular weight is 597 g/mol. The zero-order valence-electron chi connectivity index (χ0n) is 24.4. The Hall–Kier alpha value is -3.59. The van der Waals surface area contributed by atoms with Gasteiger partial charge in [-0.25, -0.2) is 0 Å². The van der Waals surface area contributed by atoms with E-state index in [0.29, 0.717) is 62.1 Å². The number of carboxylic acid groups (broad SMARTS) is 1. The first-order chi connectivity index (χ1) is 20.3. The van der Waals surface area contributed by atoms with Gasteiger partial charge in [0, 0.05) is 24.6 Å². The van der Waals surface area contributed by atoms with Crippen LogP contribution in [0.25, 0.3) is 11.1 Å². The van der Waals surface area contributed by atoms with Crippen LogP contribution in [-0.4, -0.2) is 43.3 Å². The van der Waals surface area contributed by atoms with E-state index >= 15 is 0 Å². The van der Waals surface area contributed by atoms with E-state index in [2.05, 4.69) is 30.4 Å². The van der Waals surface area contributed by atoms with Crippen LogP contribution in [0.2, 0.25) is 5.02 Å². The van der Waals surface area contributed by atoms with Crippen molar-refractivity contribution in [2.75, 3.05) is 20.3 Å². The summed E-state index contributed by atoms with van der Waals surface area (Å²) in [5.74, 6) is -0.157. The van der Waals surface area contributed by atoms with Gasteiger partial charge in [-0.15, -0.1) is 0 Å². The smallest absolute Gasteiger partial charge is 0.322 e. The first-order valence-electron chi connectivity index (χ1n) is 14.3. The molecule has 226 valence electrons. The largest absolute Gasteiger partial charge is 0.493 e. The molecule has 1 unspecified atom stereocenters. The minimum absolute atomic E-state index is 0.0811. The van der Waals surface area contributed by atoms with Crippen molar-refractivity contribution in [3.05, 3.63) is 82.4 Å². The molecule has 0 aliphatic heterocycles. The predicted octanol–water partition coefficient (Wildman–Crippen LogP) is 6.29. The molecule has 0 aliphatic carbocycles. The number of esters is 1. The molecule has 0 saturated carbocycles. The second-order valence-electron chi connectivity index (χ2n) is 10.1. The van der Waals surface area contributed by atoms with Crippen LogP contribution in [0, 0.1) is 6.92 Å². The van der Waals surface area contributed by atoms with Crippen LogP contribution in [-0.2, 0) is 27.5 Å². The lowest BCUT2D eigenvalue weighted by molar-refractivity contribution is -0.143. The molecule has 4 N–H and O–H groups in total. The topological polar surface area (TPSA) is 120 Å². The van der Waals surface area contributed by atoms with Gasteiger partial charge in [-0.2, -0.15) is 0 Å². The fourth-order valence-electron chi connectivity index (χ4n) is 4.62. The molecule has 3 aromatic rings. The molecule has 1 atom stereocenters. The quantitative estimate of drug-likeness (QED) is 0.116. The van der Waals surface area contributed by atoms with Gasteiger partial charge in [-0.1, -0.05) is 66.6 Å². The van der Waals surface area contributed by atoms with E-state index < -0.39 is 12.0 Å². The summed E-state index contributed by atoms with van der Waals surface area (Å²) in [6, 6.07) is 19.4. The highest BCUT2D eigenvalue weighted by Crippen LogP contribution is 2.34. The second-order valence-corrected chi connectivity index (χ2v) is 10.5. The second kappa shape index (κ2) is 17.4. The SMILES string of the molecule is COC(=O)C(CCCCN)NCc1cc(Cl)c(OCc2cccc(-c3ccccc3)c2C)cc1OCCCCC(=O)O. The highest BCUT2D eigenvalue weighted by atomic mass is 35.5. The minimum Gasteiger partial charge on any atom is -0.493 e. The summed E-state index contributed by atoms with van der Waals surface area (Å²) in [6.45, 7) is 3.59. The molecule has 0 saturated heterocycles. The third-order valence-electron chi connectivity index (χ3n) is 7.04. The Morgan fingerprint density at radius 1 is 0.952 bits per heavy atom. The predicted molar refractivity (Wildman–Crippen MR) is 165 cm³/mol. The Balaban J connectivity index is 1.78. The summed E-state index contributed by atoms with van der Waals surface area (Å²) in [5, 5.41) is 12.6. The Bertz CT molecular complexity index is 1300. The van der Waals surface area contributed by atoms with E-state index in [4.69, 9.17) is 36.7 Å². The van der Waals surface area contributed by atoms with Gasteiger partial charge < -0.3 is 30.4 Å². The Labute approximate surface area is 253 Å². The molecule has 0 amide bonds. The number of ether oxygens (including phenoxy) is 3. The summed E-state index contributed by atoms with van der Waals surface area (Å²) in [7, 11) is 1.37. The lowest BCUT2D eigenvalue weighted by Crippen LogP contribution is -2.37. The van der Waals surface area contributed by atoms with Gasteiger partial charge in [0.05, 0.1) is 18.7 Å². The van der Waals surface area contributed by atoms with Gasteiger partial charge in [0.1, 0.15) is 24.1 Å². The fourth-order valence-corrected chi connectivity index (χ4v) is 4.86. The summed E-state index contributed by atoms with van der Waals surface area (Å²) in [4.78, 5) is 23.2. The highest BCUT2D eigenvalue weighted by molar-refractivity contribution is 6.32. The number of benzene rings is 3. The van der Waals surface area contributed by atoms with Gasteiger partial charge in [0.2, 0.25) is 0 Å². The van der Waals surface area contributed by atoms with Crippen molar-refractivity contribution in [1.29, 1.82) is 0 Å². The van der Waals surface area contributed by atoms with Gasteiger partial charge in [0.15, 0.2) is 0 Å². The minimum atomic E-state index is -0.836. The third-order valence-corrected chi connectivity index (χ3v) is 7.34. The van der Waals surface area contributed by atoms with Gasteiger partial charge in [0.25, 0.3) is 0 Å². The van der Waals surface area contributed by atoms with E-state index in [1.165, 1.54) is 7.11 Å². The Kier molecular flexibility index (Phi) is 13.6. The highest BCUT2D eigenvalue weighted by Gasteiger charge is 2.20. The molecule has 0 heterocycles. The number of aliphatic carboxylic acids is 1. The number of halogens is 1.